The van der Waals surface area contributed by atoms with E-state index in [1.54, 1.807) is 0 Å². The van der Waals surface area contributed by atoms with E-state index in [4.69, 9.17) is 0 Å². The lowest BCUT2D eigenvalue weighted by Gasteiger charge is -2.00. The van der Waals surface area contributed by atoms with Crippen LogP contribution in [0.1, 0.15) is 55.6 Å². The molecule has 0 saturated heterocycles. The summed E-state index contributed by atoms with van der Waals surface area (Å²) >= 11 is 0. The van der Waals surface area contributed by atoms with E-state index in [0.29, 0.717) is 0 Å². The average Bonchev–Trinajstić information content (AvgIpc) is 2.49. The largest absolute Gasteiger partial charge is 0.359 e. The van der Waals surface area contributed by atoms with E-state index in [1.165, 1.54) is 41.8 Å². The minimum absolute atomic E-state index is 1.10. The van der Waals surface area contributed by atoms with Crippen molar-refractivity contribution in [2.45, 2.75) is 53.4 Å². The zero-order chi connectivity index (χ0) is 11.3. The summed E-state index contributed by atoms with van der Waals surface area (Å²) in [7, 11) is 0. The van der Waals surface area contributed by atoms with E-state index >= 15 is 0 Å². The van der Waals surface area contributed by atoms with Crippen molar-refractivity contribution >= 4 is 6.08 Å². The van der Waals surface area contributed by atoms with Gasteiger partial charge in [-0.15, -0.1) is 0 Å². The highest BCUT2D eigenvalue weighted by molar-refractivity contribution is 5.54. The Morgan fingerprint density at radius 2 is 1.93 bits per heavy atom. The first-order valence-electron chi connectivity index (χ1n) is 6.05. The molecule has 1 aromatic heterocycles. The maximum absolute atomic E-state index is 3.47. The Labute approximate surface area is 93.6 Å². The van der Waals surface area contributed by atoms with Crippen molar-refractivity contribution in [1.82, 2.24) is 4.98 Å². The van der Waals surface area contributed by atoms with Crippen molar-refractivity contribution in [3.05, 3.63) is 28.6 Å². The fourth-order valence-corrected chi connectivity index (χ4v) is 1.95. The lowest BCUT2D eigenvalue weighted by atomic mass is 10.0. The van der Waals surface area contributed by atoms with Crippen LogP contribution in [0.4, 0.5) is 0 Å². The van der Waals surface area contributed by atoms with Crippen LogP contribution in [0.15, 0.2) is 6.08 Å². The molecule has 15 heavy (non-hydrogen) atoms. The second-order valence-electron chi connectivity index (χ2n) is 4.18. The summed E-state index contributed by atoms with van der Waals surface area (Å²) in [5.74, 6) is 0. The Morgan fingerprint density at radius 3 is 2.53 bits per heavy atom. The molecule has 0 fully saturated rings. The molecule has 1 heteroatoms. The van der Waals surface area contributed by atoms with Gasteiger partial charge in [0.25, 0.3) is 0 Å². The molecular formula is C14H23N. The Balaban J connectivity index is 2.87. The Morgan fingerprint density at radius 1 is 1.20 bits per heavy atom. The monoisotopic (exact) mass is 205 g/mol. The fraction of sp³-hybridized carbons (Fsp3) is 0.571. The molecule has 0 aromatic carbocycles. The van der Waals surface area contributed by atoms with E-state index in [9.17, 15) is 0 Å². The van der Waals surface area contributed by atoms with Crippen LogP contribution in [-0.4, -0.2) is 4.98 Å². The summed E-state index contributed by atoms with van der Waals surface area (Å²) in [6, 6.07) is 0. The average molecular weight is 205 g/mol. The number of rotatable bonds is 5. The van der Waals surface area contributed by atoms with E-state index in [2.05, 4.69) is 44.8 Å². The molecule has 1 N–H and O–H groups in total. The van der Waals surface area contributed by atoms with Gasteiger partial charge in [0.05, 0.1) is 0 Å². The van der Waals surface area contributed by atoms with Crippen LogP contribution in [0, 0.1) is 13.8 Å². The molecular weight excluding hydrogens is 182 g/mol. The van der Waals surface area contributed by atoms with E-state index in [0.717, 1.165) is 6.42 Å². The number of hydrogen-bond acceptors (Lipinski definition) is 0. The summed E-state index contributed by atoms with van der Waals surface area (Å²) in [4.78, 5) is 3.47. The SMILES string of the molecule is CC/C=C\c1[nH]c(C)c(CCCC)c1C. The van der Waals surface area contributed by atoms with Gasteiger partial charge in [-0.1, -0.05) is 26.3 Å². The molecule has 0 aliphatic carbocycles. The fourth-order valence-electron chi connectivity index (χ4n) is 1.95. The topological polar surface area (TPSA) is 15.8 Å². The highest BCUT2D eigenvalue weighted by atomic mass is 14.7. The first-order valence-corrected chi connectivity index (χ1v) is 6.05. The summed E-state index contributed by atoms with van der Waals surface area (Å²) in [6.45, 7) is 8.82. The Kier molecular flexibility index (Phi) is 4.67. The van der Waals surface area contributed by atoms with E-state index in [1.807, 2.05) is 0 Å². The van der Waals surface area contributed by atoms with Crippen molar-refractivity contribution in [3.63, 3.8) is 0 Å². The quantitative estimate of drug-likeness (QED) is 0.733. The Hall–Kier alpha value is -0.980. The molecule has 1 heterocycles. The molecule has 84 valence electrons. The molecule has 1 rings (SSSR count). The van der Waals surface area contributed by atoms with Crippen molar-refractivity contribution in [3.8, 4) is 0 Å². The zero-order valence-corrected chi connectivity index (χ0v) is 10.5. The number of aryl methyl sites for hydroxylation is 1. The number of aromatic nitrogens is 1. The number of nitrogens with one attached hydrogen (secondary N) is 1. The number of allylic oxidation sites excluding steroid dienone is 1. The van der Waals surface area contributed by atoms with Crippen molar-refractivity contribution in [1.29, 1.82) is 0 Å². The highest BCUT2D eigenvalue weighted by Gasteiger charge is 2.08. The second-order valence-corrected chi connectivity index (χ2v) is 4.18. The van der Waals surface area contributed by atoms with Crippen molar-refractivity contribution in [2.24, 2.45) is 0 Å². The van der Waals surface area contributed by atoms with E-state index < -0.39 is 0 Å². The maximum atomic E-state index is 3.47. The van der Waals surface area contributed by atoms with Gasteiger partial charge in [-0.3, -0.25) is 0 Å². The third kappa shape index (κ3) is 2.98. The van der Waals surface area contributed by atoms with Crippen molar-refractivity contribution < 1.29 is 0 Å². The van der Waals surface area contributed by atoms with Crippen LogP contribution in [0.3, 0.4) is 0 Å². The van der Waals surface area contributed by atoms with Gasteiger partial charge in [-0.25, -0.2) is 0 Å². The van der Waals surface area contributed by atoms with Gasteiger partial charge in [-0.2, -0.15) is 0 Å². The standard InChI is InChI=1S/C14H23N/c1-5-7-9-13-11(3)14(10-8-6-2)15-12(13)4/h8,10,15H,5-7,9H2,1-4H3/b10-8-. The third-order valence-corrected chi connectivity index (χ3v) is 2.93. The van der Waals surface area contributed by atoms with Crippen LogP contribution < -0.4 is 0 Å². The van der Waals surface area contributed by atoms with Crippen LogP contribution in [-0.2, 0) is 6.42 Å². The van der Waals surface area contributed by atoms with Crippen molar-refractivity contribution in [2.75, 3.05) is 0 Å². The minimum Gasteiger partial charge on any atom is -0.359 e. The normalized spacial score (nSPS) is 11.5. The van der Waals surface area contributed by atoms with Gasteiger partial charge in [0.2, 0.25) is 0 Å². The van der Waals surface area contributed by atoms with Gasteiger partial charge >= 0.3 is 0 Å². The number of H-pyrrole nitrogens is 1. The predicted octanol–water partition coefficient (Wildman–Crippen LogP) is 4.40. The van der Waals surface area contributed by atoms with Crippen LogP contribution in [0.2, 0.25) is 0 Å². The molecule has 0 unspecified atom stereocenters. The van der Waals surface area contributed by atoms with E-state index in [-0.39, 0.29) is 0 Å². The van der Waals surface area contributed by atoms with Crippen LogP contribution in [0.5, 0.6) is 0 Å². The second kappa shape index (κ2) is 5.79. The first kappa shape index (κ1) is 12.1. The van der Waals surface area contributed by atoms with Crippen LogP contribution in [0.25, 0.3) is 6.08 Å². The summed E-state index contributed by atoms with van der Waals surface area (Å²) in [6.07, 6.45) is 9.28. The molecule has 1 nitrogen and oxygen atoms in total. The highest BCUT2D eigenvalue weighted by Crippen LogP contribution is 2.21. The number of unbranched alkanes of at least 4 members (excludes halogenated alkanes) is 1. The zero-order valence-electron chi connectivity index (χ0n) is 10.5. The lowest BCUT2D eigenvalue weighted by molar-refractivity contribution is 0.788. The lowest BCUT2D eigenvalue weighted by Crippen LogP contribution is -1.88. The minimum atomic E-state index is 1.10. The summed E-state index contributed by atoms with van der Waals surface area (Å²) in [5, 5.41) is 0. The predicted molar refractivity (Wildman–Crippen MR) is 68.2 cm³/mol. The summed E-state index contributed by atoms with van der Waals surface area (Å²) in [5.41, 5.74) is 5.59. The molecule has 0 radical (unpaired) electrons. The van der Waals surface area contributed by atoms with Gasteiger partial charge in [0, 0.05) is 11.4 Å². The Bertz CT molecular complexity index is 331. The third-order valence-electron chi connectivity index (χ3n) is 2.93. The first-order chi connectivity index (χ1) is 7.20. The molecule has 0 aliphatic heterocycles. The smallest absolute Gasteiger partial charge is 0.0411 e. The number of hydrogen-bond donors (Lipinski definition) is 1. The summed E-state index contributed by atoms with van der Waals surface area (Å²) < 4.78 is 0. The van der Waals surface area contributed by atoms with Crippen LogP contribution >= 0.6 is 0 Å². The number of aromatic amines is 1. The molecule has 1 aromatic rings. The van der Waals surface area contributed by atoms with Gasteiger partial charge in [0.1, 0.15) is 0 Å². The molecule has 0 bridgehead atoms. The van der Waals surface area contributed by atoms with Gasteiger partial charge < -0.3 is 4.98 Å². The molecule has 0 spiro atoms. The van der Waals surface area contributed by atoms with Gasteiger partial charge in [-0.05, 0) is 50.3 Å². The molecule has 0 saturated carbocycles. The molecule has 0 amide bonds. The van der Waals surface area contributed by atoms with Gasteiger partial charge in [0.15, 0.2) is 0 Å². The maximum Gasteiger partial charge on any atom is 0.0411 e. The molecule has 0 atom stereocenters. The molecule has 0 aliphatic rings.